The summed E-state index contributed by atoms with van der Waals surface area (Å²) in [6.45, 7) is 5.45. The van der Waals surface area contributed by atoms with Gasteiger partial charge in [0.25, 0.3) is 5.91 Å². The predicted octanol–water partition coefficient (Wildman–Crippen LogP) is 2.63. The molecule has 1 spiro atoms. The van der Waals surface area contributed by atoms with Crippen molar-refractivity contribution < 1.29 is 19.4 Å². The number of benzene rings is 1. The Labute approximate surface area is 148 Å². The average molecular weight is 343 g/mol. The SMILES string of the molecule is CC(=O)OC1=C(c2cc(C)ccc2C)C(=O)NC12CCC(CO)CC2. The highest BCUT2D eigenvalue weighted by atomic mass is 16.5. The average Bonchev–Trinajstić information content (AvgIpc) is 2.82. The number of aryl methyl sites for hydroxylation is 2. The van der Waals surface area contributed by atoms with E-state index in [0.717, 1.165) is 29.5 Å². The lowest BCUT2D eigenvalue weighted by Crippen LogP contribution is -2.48. The first-order chi connectivity index (χ1) is 11.9. The summed E-state index contributed by atoms with van der Waals surface area (Å²) in [4.78, 5) is 24.6. The van der Waals surface area contributed by atoms with Crippen LogP contribution >= 0.6 is 0 Å². The first-order valence-corrected chi connectivity index (χ1v) is 8.80. The van der Waals surface area contributed by atoms with Gasteiger partial charge in [0.2, 0.25) is 0 Å². The molecule has 134 valence electrons. The van der Waals surface area contributed by atoms with Gasteiger partial charge in [0.15, 0.2) is 0 Å². The molecule has 1 aliphatic carbocycles. The summed E-state index contributed by atoms with van der Waals surface area (Å²) in [6, 6.07) is 5.94. The van der Waals surface area contributed by atoms with Gasteiger partial charge in [-0.3, -0.25) is 9.59 Å². The Morgan fingerprint density at radius 2 is 2.00 bits per heavy atom. The van der Waals surface area contributed by atoms with Crippen LogP contribution in [0.3, 0.4) is 0 Å². The van der Waals surface area contributed by atoms with E-state index in [1.165, 1.54) is 6.92 Å². The van der Waals surface area contributed by atoms with Crippen LogP contribution in [0.2, 0.25) is 0 Å². The molecule has 1 aromatic carbocycles. The summed E-state index contributed by atoms with van der Waals surface area (Å²) in [5, 5.41) is 12.5. The highest BCUT2D eigenvalue weighted by Gasteiger charge is 2.49. The van der Waals surface area contributed by atoms with Crippen LogP contribution < -0.4 is 5.32 Å². The summed E-state index contributed by atoms with van der Waals surface area (Å²) in [5.41, 5.74) is 2.67. The van der Waals surface area contributed by atoms with E-state index in [2.05, 4.69) is 5.32 Å². The van der Waals surface area contributed by atoms with Gasteiger partial charge in [0.1, 0.15) is 5.76 Å². The van der Waals surface area contributed by atoms with Gasteiger partial charge in [-0.05, 0) is 56.6 Å². The van der Waals surface area contributed by atoms with E-state index in [-0.39, 0.29) is 18.4 Å². The second kappa shape index (κ2) is 6.64. The number of hydrogen-bond donors (Lipinski definition) is 2. The number of ether oxygens (including phenoxy) is 1. The normalized spacial score (nSPS) is 26.1. The molecule has 0 saturated heterocycles. The van der Waals surface area contributed by atoms with Crippen LogP contribution in [0, 0.1) is 19.8 Å². The maximum absolute atomic E-state index is 12.8. The van der Waals surface area contributed by atoms with Crippen molar-refractivity contribution in [2.24, 2.45) is 5.92 Å². The molecule has 5 heteroatoms. The van der Waals surface area contributed by atoms with Gasteiger partial charge in [0, 0.05) is 13.5 Å². The zero-order chi connectivity index (χ0) is 18.2. The van der Waals surface area contributed by atoms with Crippen LogP contribution in [0.25, 0.3) is 5.57 Å². The van der Waals surface area contributed by atoms with Crippen LogP contribution in [0.1, 0.15) is 49.3 Å². The molecule has 0 unspecified atom stereocenters. The summed E-state index contributed by atoms with van der Waals surface area (Å²) >= 11 is 0. The molecule has 25 heavy (non-hydrogen) atoms. The fraction of sp³-hybridized carbons (Fsp3) is 0.500. The van der Waals surface area contributed by atoms with Crippen LogP contribution in [-0.2, 0) is 14.3 Å². The van der Waals surface area contributed by atoms with Gasteiger partial charge in [0.05, 0.1) is 11.1 Å². The molecule has 1 heterocycles. The van der Waals surface area contributed by atoms with E-state index in [4.69, 9.17) is 4.74 Å². The van der Waals surface area contributed by atoms with Crippen molar-refractivity contribution in [3.8, 4) is 0 Å². The molecule has 1 saturated carbocycles. The molecule has 2 aliphatic rings. The third-order valence-corrected chi connectivity index (χ3v) is 5.37. The minimum absolute atomic E-state index is 0.153. The molecule has 1 aliphatic heterocycles. The third-order valence-electron chi connectivity index (χ3n) is 5.37. The van der Waals surface area contributed by atoms with Gasteiger partial charge in [-0.25, -0.2) is 0 Å². The molecule has 2 N–H and O–H groups in total. The van der Waals surface area contributed by atoms with Gasteiger partial charge >= 0.3 is 5.97 Å². The van der Waals surface area contributed by atoms with E-state index < -0.39 is 11.5 Å². The quantitative estimate of drug-likeness (QED) is 0.827. The number of carbonyl (C=O) groups excluding carboxylic acids is 2. The number of esters is 1. The topological polar surface area (TPSA) is 75.6 Å². The standard InChI is InChI=1S/C20H25NO4/c1-12-4-5-13(2)16(10-12)17-18(25-14(3)23)20(21-19(17)24)8-6-15(11-22)7-9-20/h4-5,10,15,22H,6-9,11H2,1-3H3,(H,21,24). The summed E-state index contributed by atoms with van der Waals surface area (Å²) in [7, 11) is 0. The van der Waals surface area contributed by atoms with Crippen LogP contribution in [-0.4, -0.2) is 29.1 Å². The largest absolute Gasteiger partial charge is 0.428 e. The van der Waals surface area contributed by atoms with Gasteiger partial charge in [-0.1, -0.05) is 23.8 Å². The Hall–Kier alpha value is -2.14. The highest BCUT2D eigenvalue weighted by Crippen LogP contribution is 2.45. The number of carbonyl (C=O) groups is 2. The van der Waals surface area contributed by atoms with E-state index in [0.29, 0.717) is 24.2 Å². The molecular weight excluding hydrogens is 318 g/mol. The zero-order valence-electron chi connectivity index (χ0n) is 15.0. The van der Waals surface area contributed by atoms with E-state index in [1.54, 1.807) is 0 Å². The molecule has 1 aromatic rings. The lowest BCUT2D eigenvalue weighted by Gasteiger charge is -2.37. The minimum atomic E-state index is -0.639. The molecular formula is C20H25NO4. The molecule has 1 amide bonds. The third kappa shape index (κ3) is 3.21. The first kappa shape index (κ1) is 17.7. The minimum Gasteiger partial charge on any atom is -0.428 e. The second-order valence-electron chi connectivity index (χ2n) is 7.28. The highest BCUT2D eigenvalue weighted by molar-refractivity contribution is 6.24. The summed E-state index contributed by atoms with van der Waals surface area (Å²) in [5.74, 6) is 0.0892. The van der Waals surface area contributed by atoms with E-state index in [9.17, 15) is 14.7 Å². The number of rotatable bonds is 3. The second-order valence-corrected chi connectivity index (χ2v) is 7.28. The van der Waals surface area contributed by atoms with Crippen molar-refractivity contribution >= 4 is 17.4 Å². The molecule has 0 bridgehead atoms. The Balaban J connectivity index is 2.11. The van der Waals surface area contributed by atoms with Crippen molar-refractivity contribution in [1.29, 1.82) is 0 Å². The van der Waals surface area contributed by atoms with Gasteiger partial charge < -0.3 is 15.2 Å². The smallest absolute Gasteiger partial charge is 0.307 e. The molecule has 0 radical (unpaired) electrons. The summed E-state index contributed by atoms with van der Waals surface area (Å²) < 4.78 is 5.60. The lowest BCUT2D eigenvalue weighted by molar-refractivity contribution is -0.138. The van der Waals surface area contributed by atoms with Crippen molar-refractivity contribution in [3.05, 3.63) is 40.6 Å². The Kier molecular flexibility index (Phi) is 4.69. The fourth-order valence-electron chi connectivity index (χ4n) is 3.93. The van der Waals surface area contributed by atoms with Crippen molar-refractivity contribution in [1.82, 2.24) is 5.32 Å². The zero-order valence-corrected chi connectivity index (χ0v) is 15.0. The van der Waals surface area contributed by atoms with Crippen molar-refractivity contribution in [3.63, 3.8) is 0 Å². The number of nitrogens with one attached hydrogen (secondary N) is 1. The number of aliphatic hydroxyl groups is 1. The van der Waals surface area contributed by atoms with Crippen LogP contribution in [0.5, 0.6) is 0 Å². The molecule has 0 aromatic heterocycles. The van der Waals surface area contributed by atoms with Crippen LogP contribution in [0.4, 0.5) is 0 Å². The lowest BCUT2D eigenvalue weighted by atomic mass is 9.75. The van der Waals surface area contributed by atoms with E-state index >= 15 is 0 Å². The maximum atomic E-state index is 12.8. The monoisotopic (exact) mass is 343 g/mol. The van der Waals surface area contributed by atoms with Crippen molar-refractivity contribution in [2.45, 2.75) is 52.0 Å². The van der Waals surface area contributed by atoms with Gasteiger partial charge in [-0.2, -0.15) is 0 Å². The Bertz CT molecular complexity index is 742. The van der Waals surface area contributed by atoms with Gasteiger partial charge in [-0.15, -0.1) is 0 Å². The Morgan fingerprint density at radius 3 is 2.60 bits per heavy atom. The molecule has 1 fully saturated rings. The van der Waals surface area contributed by atoms with E-state index in [1.807, 2.05) is 32.0 Å². The van der Waals surface area contributed by atoms with Crippen molar-refractivity contribution in [2.75, 3.05) is 6.61 Å². The Morgan fingerprint density at radius 1 is 1.32 bits per heavy atom. The molecule has 5 nitrogen and oxygen atoms in total. The number of amides is 1. The van der Waals surface area contributed by atoms with Crippen LogP contribution in [0.15, 0.2) is 24.0 Å². The molecule has 3 rings (SSSR count). The first-order valence-electron chi connectivity index (χ1n) is 8.80. The maximum Gasteiger partial charge on any atom is 0.307 e. The molecule has 0 atom stereocenters. The predicted molar refractivity (Wildman–Crippen MR) is 94.5 cm³/mol. The number of hydrogen-bond acceptors (Lipinski definition) is 4. The summed E-state index contributed by atoms with van der Waals surface area (Å²) in [6.07, 6.45) is 2.92. The number of aliphatic hydroxyl groups excluding tert-OH is 1. The fourth-order valence-corrected chi connectivity index (χ4v) is 3.93.